The summed E-state index contributed by atoms with van der Waals surface area (Å²) >= 11 is 4.79. The molecule has 1 aromatic heterocycles. The van der Waals surface area contributed by atoms with Crippen LogP contribution in [0.4, 0.5) is 5.69 Å². The Morgan fingerprint density at radius 3 is 2.54 bits per heavy atom. The van der Waals surface area contributed by atoms with Gasteiger partial charge >= 0.3 is 0 Å². The van der Waals surface area contributed by atoms with E-state index in [0.29, 0.717) is 10.2 Å². The Hall–Kier alpha value is -1.97. The van der Waals surface area contributed by atoms with Crippen LogP contribution in [0.25, 0.3) is 0 Å². The fourth-order valence-electron chi connectivity index (χ4n) is 2.22. The van der Waals surface area contributed by atoms with E-state index in [0.717, 1.165) is 10.1 Å². The van der Waals surface area contributed by atoms with Crippen molar-refractivity contribution in [2.75, 3.05) is 11.8 Å². The molecule has 3 aromatic rings. The van der Waals surface area contributed by atoms with Crippen LogP contribution >= 0.6 is 27.7 Å². The number of methoxy groups -OCH3 is 1. The lowest BCUT2D eigenvalue weighted by molar-refractivity contribution is 0.403. The molecule has 0 radical (unpaired) electrons. The molecule has 0 amide bonds. The summed E-state index contributed by atoms with van der Waals surface area (Å²) < 4.78 is 35.7. The largest absolute Gasteiger partial charge is 0.495 e. The maximum Gasteiger partial charge on any atom is 0.265 e. The van der Waals surface area contributed by atoms with Gasteiger partial charge < -0.3 is 9.30 Å². The van der Waals surface area contributed by atoms with Crippen molar-refractivity contribution in [3.63, 3.8) is 0 Å². The Labute approximate surface area is 164 Å². The number of halogens is 1. The van der Waals surface area contributed by atoms with Crippen LogP contribution in [0.5, 0.6) is 5.75 Å². The van der Waals surface area contributed by atoms with Gasteiger partial charge in [-0.15, -0.1) is 0 Å². The average molecular weight is 454 g/mol. The van der Waals surface area contributed by atoms with Crippen molar-refractivity contribution in [2.24, 2.45) is 7.05 Å². The third-order valence-corrected chi connectivity index (χ3v) is 6.49. The highest BCUT2D eigenvalue weighted by Crippen LogP contribution is 2.30. The Morgan fingerprint density at radius 2 is 1.92 bits per heavy atom. The van der Waals surface area contributed by atoms with E-state index < -0.39 is 10.0 Å². The first-order valence-electron chi connectivity index (χ1n) is 7.50. The van der Waals surface area contributed by atoms with Gasteiger partial charge in [0.05, 0.1) is 7.11 Å². The van der Waals surface area contributed by atoms with Gasteiger partial charge in [0.1, 0.15) is 10.6 Å². The highest BCUT2D eigenvalue weighted by Gasteiger charge is 2.20. The maximum absolute atomic E-state index is 12.7. The molecule has 0 saturated heterocycles. The predicted octanol–water partition coefficient (Wildman–Crippen LogP) is 4.14. The summed E-state index contributed by atoms with van der Waals surface area (Å²) in [7, 11) is -0.420. The first-order valence-corrected chi connectivity index (χ1v) is 10.6. The van der Waals surface area contributed by atoms with Crippen LogP contribution in [0, 0.1) is 0 Å². The number of imidazole rings is 1. The normalized spacial score (nSPS) is 11.3. The number of ether oxygens (including phenoxy) is 1. The van der Waals surface area contributed by atoms with E-state index in [2.05, 4.69) is 25.6 Å². The zero-order valence-electron chi connectivity index (χ0n) is 14.0. The zero-order valence-corrected chi connectivity index (χ0v) is 17.2. The van der Waals surface area contributed by atoms with Gasteiger partial charge in [-0.1, -0.05) is 27.7 Å². The molecular weight excluding hydrogens is 438 g/mol. The van der Waals surface area contributed by atoms with E-state index in [9.17, 15) is 8.42 Å². The van der Waals surface area contributed by atoms with E-state index in [4.69, 9.17) is 4.74 Å². The van der Waals surface area contributed by atoms with Gasteiger partial charge in [-0.2, -0.15) is 0 Å². The molecule has 1 N–H and O–H groups in total. The number of aryl methyl sites for hydroxylation is 1. The number of nitrogens with zero attached hydrogens (tertiary/aromatic N) is 2. The standard InChI is InChI=1S/C17H16BrN3O3S2/c1-21-10-9-19-17(21)25-14-6-4-13(5-7-14)20-26(22,23)16-11-12(18)3-8-15(16)24-2/h3-11,20H,1-2H3. The second-order valence-electron chi connectivity index (χ2n) is 5.35. The van der Waals surface area contributed by atoms with Gasteiger partial charge in [-0.25, -0.2) is 13.4 Å². The van der Waals surface area contributed by atoms with E-state index in [1.807, 2.05) is 29.9 Å². The molecule has 136 valence electrons. The minimum atomic E-state index is -3.78. The summed E-state index contributed by atoms with van der Waals surface area (Å²) in [5.74, 6) is 0.280. The minimum absolute atomic E-state index is 0.0702. The quantitative estimate of drug-likeness (QED) is 0.606. The summed E-state index contributed by atoms with van der Waals surface area (Å²) in [5, 5.41) is 0.859. The zero-order chi connectivity index (χ0) is 18.7. The number of hydrogen-bond acceptors (Lipinski definition) is 5. The summed E-state index contributed by atoms with van der Waals surface area (Å²) in [4.78, 5) is 5.29. The summed E-state index contributed by atoms with van der Waals surface area (Å²) in [6, 6.07) is 11.9. The van der Waals surface area contributed by atoms with Crippen LogP contribution in [-0.2, 0) is 17.1 Å². The smallest absolute Gasteiger partial charge is 0.265 e. The van der Waals surface area contributed by atoms with Gasteiger partial charge in [0, 0.05) is 34.5 Å². The molecular formula is C17H16BrN3O3S2. The molecule has 0 bridgehead atoms. The third kappa shape index (κ3) is 4.22. The predicted molar refractivity (Wildman–Crippen MR) is 105 cm³/mol. The molecule has 0 fully saturated rings. The molecule has 6 nitrogen and oxygen atoms in total. The van der Waals surface area contributed by atoms with Crippen molar-refractivity contribution in [3.8, 4) is 5.75 Å². The average Bonchev–Trinajstić information content (AvgIpc) is 3.01. The van der Waals surface area contributed by atoms with Crippen LogP contribution in [0.1, 0.15) is 0 Å². The lowest BCUT2D eigenvalue weighted by Gasteiger charge is -2.12. The van der Waals surface area contributed by atoms with Gasteiger partial charge in [0.25, 0.3) is 10.0 Å². The Bertz CT molecular complexity index is 1020. The minimum Gasteiger partial charge on any atom is -0.495 e. The lowest BCUT2D eigenvalue weighted by atomic mass is 10.3. The highest BCUT2D eigenvalue weighted by atomic mass is 79.9. The Kier molecular flexibility index (Phi) is 5.59. The molecule has 0 spiro atoms. The summed E-state index contributed by atoms with van der Waals surface area (Å²) in [6.45, 7) is 0. The molecule has 3 rings (SSSR count). The topological polar surface area (TPSA) is 73.2 Å². The fraction of sp³-hybridized carbons (Fsp3) is 0.118. The van der Waals surface area contributed by atoms with E-state index in [1.54, 1.807) is 30.5 Å². The van der Waals surface area contributed by atoms with Crippen molar-refractivity contribution in [3.05, 3.63) is 59.3 Å². The molecule has 0 aliphatic carbocycles. The Morgan fingerprint density at radius 1 is 1.19 bits per heavy atom. The van der Waals surface area contributed by atoms with Gasteiger partial charge in [-0.3, -0.25) is 4.72 Å². The second kappa shape index (κ2) is 7.73. The first-order chi connectivity index (χ1) is 12.4. The summed E-state index contributed by atoms with van der Waals surface area (Å²) in [5.41, 5.74) is 0.469. The molecule has 0 atom stereocenters. The second-order valence-corrected chi connectivity index (χ2v) is 8.96. The first kappa shape index (κ1) is 18.8. The monoisotopic (exact) mass is 453 g/mol. The maximum atomic E-state index is 12.7. The molecule has 2 aromatic carbocycles. The molecule has 0 unspecified atom stereocenters. The molecule has 26 heavy (non-hydrogen) atoms. The number of nitrogens with one attached hydrogen (secondary N) is 1. The number of aromatic nitrogens is 2. The van der Waals surface area contributed by atoms with Crippen LogP contribution in [0.2, 0.25) is 0 Å². The number of rotatable bonds is 6. The third-order valence-electron chi connectivity index (χ3n) is 3.51. The molecule has 1 heterocycles. The van der Waals surface area contributed by atoms with Crippen molar-refractivity contribution >= 4 is 43.4 Å². The van der Waals surface area contributed by atoms with Crippen LogP contribution in [0.3, 0.4) is 0 Å². The van der Waals surface area contributed by atoms with Crippen LogP contribution < -0.4 is 9.46 Å². The number of benzene rings is 2. The van der Waals surface area contributed by atoms with Crippen LogP contribution in [-0.4, -0.2) is 25.1 Å². The van der Waals surface area contributed by atoms with Crippen molar-refractivity contribution in [1.82, 2.24) is 9.55 Å². The summed E-state index contributed by atoms with van der Waals surface area (Å²) in [6.07, 6.45) is 3.60. The van der Waals surface area contributed by atoms with E-state index >= 15 is 0 Å². The lowest BCUT2D eigenvalue weighted by Crippen LogP contribution is -2.14. The Balaban J connectivity index is 1.80. The van der Waals surface area contributed by atoms with E-state index in [1.165, 1.54) is 24.9 Å². The SMILES string of the molecule is COc1ccc(Br)cc1S(=O)(=O)Nc1ccc(Sc2nccn2C)cc1. The van der Waals surface area contributed by atoms with Crippen molar-refractivity contribution < 1.29 is 13.2 Å². The van der Waals surface area contributed by atoms with E-state index in [-0.39, 0.29) is 10.6 Å². The van der Waals surface area contributed by atoms with Gasteiger partial charge in [-0.05, 0) is 42.5 Å². The molecule has 0 aliphatic heterocycles. The number of anilines is 1. The fourth-order valence-corrected chi connectivity index (χ4v) is 4.79. The molecule has 0 saturated carbocycles. The molecule has 9 heteroatoms. The van der Waals surface area contributed by atoms with Crippen LogP contribution in [0.15, 0.2) is 74.3 Å². The van der Waals surface area contributed by atoms with Crippen molar-refractivity contribution in [1.29, 1.82) is 0 Å². The van der Waals surface area contributed by atoms with Crippen molar-refractivity contribution in [2.45, 2.75) is 14.9 Å². The number of sulfonamides is 1. The van der Waals surface area contributed by atoms with Gasteiger partial charge in [0.2, 0.25) is 0 Å². The van der Waals surface area contributed by atoms with Gasteiger partial charge in [0.15, 0.2) is 5.16 Å². The highest BCUT2D eigenvalue weighted by molar-refractivity contribution is 9.10. The molecule has 0 aliphatic rings. The number of hydrogen-bond donors (Lipinski definition) is 1.